The third kappa shape index (κ3) is 3.50. The van der Waals surface area contributed by atoms with Crippen molar-refractivity contribution in [3.63, 3.8) is 0 Å². The minimum absolute atomic E-state index is 0.411. The van der Waals surface area contributed by atoms with Crippen LogP contribution in [-0.4, -0.2) is 33.6 Å². The average molecular weight is 174 g/mol. The van der Waals surface area contributed by atoms with Gasteiger partial charge in [0, 0.05) is 20.3 Å². The van der Waals surface area contributed by atoms with Crippen LogP contribution in [0.15, 0.2) is 11.6 Å². The van der Waals surface area contributed by atoms with Crippen LogP contribution < -0.4 is 0 Å². The first-order chi connectivity index (χ1) is 5.65. The largest absolute Gasteiger partial charge is 0.466 e. The highest BCUT2D eigenvalue weighted by Crippen LogP contribution is 2.05. The van der Waals surface area contributed by atoms with Crippen molar-refractivity contribution >= 4 is 5.97 Å². The highest BCUT2D eigenvalue weighted by atomic mass is 16.7. The van der Waals surface area contributed by atoms with Gasteiger partial charge in [-0.15, -0.1) is 0 Å². The first kappa shape index (κ1) is 11.1. The van der Waals surface area contributed by atoms with Crippen molar-refractivity contribution < 1.29 is 19.0 Å². The summed E-state index contributed by atoms with van der Waals surface area (Å²) in [6, 6.07) is 0. The number of carbonyl (C=O) groups excluding carboxylic acids is 1. The number of rotatable bonds is 4. The zero-order chi connectivity index (χ0) is 9.56. The minimum Gasteiger partial charge on any atom is -0.466 e. The van der Waals surface area contributed by atoms with Gasteiger partial charge in [-0.05, 0) is 12.5 Å². The Bertz CT molecular complexity index is 170. The molecule has 0 aliphatic carbocycles. The predicted octanol–water partition coefficient (Wildman–Crippen LogP) is 0.725. The third-order valence-electron chi connectivity index (χ3n) is 1.35. The molecular weight excluding hydrogens is 160 g/mol. The zero-order valence-electron chi connectivity index (χ0n) is 7.79. The molecule has 0 amide bonds. The lowest BCUT2D eigenvalue weighted by Crippen LogP contribution is -2.15. The van der Waals surface area contributed by atoms with Crippen LogP contribution in [0.1, 0.15) is 6.92 Å². The lowest BCUT2D eigenvalue weighted by atomic mass is 10.3. The lowest BCUT2D eigenvalue weighted by molar-refractivity contribution is -0.135. The van der Waals surface area contributed by atoms with Crippen LogP contribution in [-0.2, 0) is 19.0 Å². The first-order valence-electron chi connectivity index (χ1n) is 3.47. The standard InChI is InChI=1S/C8H14O4/c1-6(5-7(9)10-2)8(11-3)12-4/h5,8H,1-4H3. The molecule has 70 valence electrons. The van der Waals surface area contributed by atoms with Crippen LogP contribution in [0.5, 0.6) is 0 Å². The lowest BCUT2D eigenvalue weighted by Gasteiger charge is -2.12. The predicted molar refractivity (Wildman–Crippen MR) is 43.6 cm³/mol. The summed E-state index contributed by atoms with van der Waals surface area (Å²) in [5.41, 5.74) is 0.673. The van der Waals surface area contributed by atoms with Gasteiger partial charge in [-0.25, -0.2) is 4.79 Å². The summed E-state index contributed by atoms with van der Waals surface area (Å²) < 4.78 is 14.3. The molecule has 0 bridgehead atoms. The smallest absolute Gasteiger partial charge is 0.330 e. The van der Waals surface area contributed by atoms with Gasteiger partial charge in [-0.1, -0.05) is 0 Å². The second kappa shape index (κ2) is 5.74. The average Bonchev–Trinajstić information content (AvgIpc) is 2.06. The van der Waals surface area contributed by atoms with Crippen molar-refractivity contribution in [1.29, 1.82) is 0 Å². The second-order valence-corrected chi connectivity index (χ2v) is 2.21. The van der Waals surface area contributed by atoms with Gasteiger partial charge in [-0.3, -0.25) is 0 Å². The SMILES string of the molecule is COC(=O)C=C(C)C(OC)OC. The van der Waals surface area contributed by atoms with Crippen LogP contribution >= 0.6 is 0 Å². The Morgan fingerprint density at radius 1 is 1.25 bits per heavy atom. The molecule has 0 aromatic heterocycles. The van der Waals surface area contributed by atoms with Crippen molar-refractivity contribution in [1.82, 2.24) is 0 Å². The van der Waals surface area contributed by atoms with Gasteiger partial charge in [-0.2, -0.15) is 0 Å². The highest BCUT2D eigenvalue weighted by molar-refractivity contribution is 5.82. The molecule has 0 heterocycles. The van der Waals surface area contributed by atoms with Gasteiger partial charge in [0.15, 0.2) is 6.29 Å². The Hall–Kier alpha value is -0.870. The minimum atomic E-state index is -0.482. The zero-order valence-corrected chi connectivity index (χ0v) is 7.79. The number of hydrogen-bond acceptors (Lipinski definition) is 4. The maximum Gasteiger partial charge on any atom is 0.330 e. The maximum atomic E-state index is 10.7. The monoisotopic (exact) mass is 174 g/mol. The molecule has 0 aromatic carbocycles. The first-order valence-corrected chi connectivity index (χ1v) is 3.47. The summed E-state index contributed by atoms with van der Waals surface area (Å²) in [5, 5.41) is 0. The van der Waals surface area contributed by atoms with E-state index >= 15 is 0 Å². The molecule has 0 saturated carbocycles. The molecule has 0 radical (unpaired) electrons. The number of carbonyl (C=O) groups is 1. The van der Waals surface area contributed by atoms with E-state index in [1.165, 1.54) is 27.4 Å². The van der Waals surface area contributed by atoms with Gasteiger partial charge in [0.05, 0.1) is 7.11 Å². The molecule has 0 rings (SSSR count). The number of esters is 1. The number of methoxy groups -OCH3 is 3. The van der Waals surface area contributed by atoms with Gasteiger partial charge < -0.3 is 14.2 Å². The summed E-state index contributed by atoms with van der Waals surface area (Å²) in [4.78, 5) is 10.7. The van der Waals surface area contributed by atoms with Crippen LogP contribution in [0, 0.1) is 0 Å². The molecule has 0 atom stereocenters. The Labute approximate surface area is 72.1 Å². The van der Waals surface area contributed by atoms with E-state index < -0.39 is 12.3 Å². The van der Waals surface area contributed by atoms with E-state index in [1.54, 1.807) is 6.92 Å². The second-order valence-electron chi connectivity index (χ2n) is 2.21. The Balaban J connectivity index is 4.23. The summed E-state index contributed by atoms with van der Waals surface area (Å²) in [5.74, 6) is -0.411. The molecular formula is C8H14O4. The van der Waals surface area contributed by atoms with Gasteiger partial charge >= 0.3 is 5.97 Å². The molecule has 0 unspecified atom stereocenters. The summed E-state index contributed by atoms with van der Waals surface area (Å²) in [6.45, 7) is 1.73. The molecule has 0 aliphatic heterocycles. The van der Waals surface area contributed by atoms with E-state index in [0.717, 1.165) is 0 Å². The van der Waals surface area contributed by atoms with E-state index in [1.807, 2.05) is 0 Å². The molecule has 0 spiro atoms. The van der Waals surface area contributed by atoms with Crippen LogP contribution in [0.2, 0.25) is 0 Å². The van der Waals surface area contributed by atoms with Crippen LogP contribution in [0.3, 0.4) is 0 Å². The molecule has 4 heteroatoms. The molecule has 0 aromatic rings. The highest BCUT2D eigenvalue weighted by Gasteiger charge is 2.08. The van der Waals surface area contributed by atoms with Crippen molar-refractivity contribution in [2.45, 2.75) is 13.2 Å². The normalized spacial score (nSPS) is 11.9. The van der Waals surface area contributed by atoms with Gasteiger partial charge in [0.2, 0.25) is 0 Å². The summed E-state index contributed by atoms with van der Waals surface area (Å²) in [6.07, 6.45) is 0.849. The maximum absolute atomic E-state index is 10.7. The Morgan fingerprint density at radius 3 is 2.08 bits per heavy atom. The molecule has 0 N–H and O–H groups in total. The molecule has 0 fully saturated rings. The van der Waals surface area contributed by atoms with Gasteiger partial charge in [0.25, 0.3) is 0 Å². The number of hydrogen-bond donors (Lipinski definition) is 0. The van der Waals surface area contributed by atoms with Gasteiger partial charge in [0.1, 0.15) is 0 Å². The van der Waals surface area contributed by atoms with E-state index in [4.69, 9.17) is 9.47 Å². The Morgan fingerprint density at radius 2 is 1.75 bits per heavy atom. The topological polar surface area (TPSA) is 44.8 Å². The van der Waals surface area contributed by atoms with Crippen molar-refractivity contribution in [3.8, 4) is 0 Å². The fourth-order valence-electron chi connectivity index (χ4n) is 0.781. The Kier molecular flexibility index (Phi) is 5.32. The van der Waals surface area contributed by atoms with Crippen molar-refractivity contribution in [2.75, 3.05) is 21.3 Å². The summed E-state index contributed by atoms with van der Waals surface area (Å²) >= 11 is 0. The fourth-order valence-corrected chi connectivity index (χ4v) is 0.781. The fraction of sp³-hybridized carbons (Fsp3) is 0.625. The summed E-state index contributed by atoms with van der Waals surface area (Å²) in [7, 11) is 4.33. The molecule has 0 saturated heterocycles. The van der Waals surface area contributed by atoms with Crippen molar-refractivity contribution in [2.24, 2.45) is 0 Å². The van der Waals surface area contributed by atoms with E-state index in [-0.39, 0.29) is 0 Å². The van der Waals surface area contributed by atoms with E-state index in [2.05, 4.69) is 4.74 Å². The molecule has 12 heavy (non-hydrogen) atoms. The van der Waals surface area contributed by atoms with Crippen LogP contribution in [0.4, 0.5) is 0 Å². The van der Waals surface area contributed by atoms with E-state index in [0.29, 0.717) is 5.57 Å². The van der Waals surface area contributed by atoms with Crippen molar-refractivity contribution in [3.05, 3.63) is 11.6 Å². The molecule has 0 aliphatic rings. The van der Waals surface area contributed by atoms with Crippen LogP contribution in [0.25, 0.3) is 0 Å². The quantitative estimate of drug-likeness (QED) is 0.358. The van der Waals surface area contributed by atoms with E-state index in [9.17, 15) is 4.79 Å². The number of ether oxygens (including phenoxy) is 3. The third-order valence-corrected chi connectivity index (χ3v) is 1.35. The molecule has 4 nitrogen and oxygen atoms in total.